The molecular formula is C11H23N3O. The van der Waals surface area contributed by atoms with Gasteiger partial charge in [-0.05, 0) is 25.2 Å². The molecule has 1 rings (SSSR count). The zero-order valence-electron chi connectivity index (χ0n) is 10.3. The van der Waals surface area contributed by atoms with Crippen molar-refractivity contribution in [3.63, 3.8) is 0 Å². The summed E-state index contributed by atoms with van der Waals surface area (Å²) in [5.74, 6) is 0. The van der Waals surface area contributed by atoms with Crippen molar-refractivity contribution in [1.82, 2.24) is 15.5 Å². The smallest absolute Gasteiger partial charge is 0.316 e. The Kier molecular flexibility index (Phi) is 3.97. The van der Waals surface area contributed by atoms with E-state index in [-0.39, 0.29) is 6.03 Å². The van der Waals surface area contributed by atoms with Gasteiger partial charge in [-0.3, -0.25) is 0 Å². The first kappa shape index (κ1) is 12.3. The zero-order valence-corrected chi connectivity index (χ0v) is 10.3. The number of hydrogen-bond donors (Lipinski definition) is 2. The molecule has 88 valence electrons. The highest BCUT2D eigenvalue weighted by Crippen LogP contribution is 2.47. The van der Waals surface area contributed by atoms with E-state index in [9.17, 15) is 4.79 Å². The van der Waals surface area contributed by atoms with Gasteiger partial charge in [-0.25, -0.2) is 4.79 Å². The molecule has 1 fully saturated rings. The van der Waals surface area contributed by atoms with Gasteiger partial charge in [0.25, 0.3) is 0 Å². The molecule has 15 heavy (non-hydrogen) atoms. The van der Waals surface area contributed by atoms with Crippen molar-refractivity contribution in [3.8, 4) is 0 Å². The topological polar surface area (TPSA) is 44.4 Å². The lowest BCUT2D eigenvalue weighted by Crippen LogP contribution is -2.42. The summed E-state index contributed by atoms with van der Waals surface area (Å²) in [6.45, 7) is 6.07. The van der Waals surface area contributed by atoms with Crippen LogP contribution in [0.2, 0.25) is 0 Å². The summed E-state index contributed by atoms with van der Waals surface area (Å²) in [6.07, 6.45) is 2.65. The fourth-order valence-corrected chi connectivity index (χ4v) is 1.49. The molecule has 0 radical (unpaired) electrons. The fraction of sp³-hybridized carbons (Fsp3) is 0.909. The van der Waals surface area contributed by atoms with Crippen LogP contribution in [0.1, 0.15) is 26.7 Å². The molecule has 1 atom stereocenters. The van der Waals surface area contributed by atoms with Gasteiger partial charge in [0.15, 0.2) is 0 Å². The van der Waals surface area contributed by atoms with Crippen molar-refractivity contribution in [1.29, 1.82) is 0 Å². The Morgan fingerprint density at radius 3 is 2.47 bits per heavy atom. The largest absolute Gasteiger partial charge is 0.337 e. The number of carbonyl (C=O) groups is 1. The van der Waals surface area contributed by atoms with Gasteiger partial charge in [-0.15, -0.1) is 0 Å². The van der Waals surface area contributed by atoms with Crippen LogP contribution in [0.5, 0.6) is 0 Å². The summed E-state index contributed by atoms with van der Waals surface area (Å²) in [7, 11) is 3.49. The third-order valence-corrected chi connectivity index (χ3v) is 3.34. The number of urea groups is 1. The maximum Gasteiger partial charge on any atom is 0.316 e. The number of rotatable bonds is 5. The summed E-state index contributed by atoms with van der Waals surface area (Å²) in [6, 6.07) is 0.524. The minimum atomic E-state index is -0.0258. The Labute approximate surface area is 92.4 Å². The fourth-order valence-electron chi connectivity index (χ4n) is 1.49. The van der Waals surface area contributed by atoms with Gasteiger partial charge < -0.3 is 15.5 Å². The first-order valence-electron chi connectivity index (χ1n) is 5.64. The predicted octanol–water partition coefficient (Wildman–Crippen LogP) is 1.04. The van der Waals surface area contributed by atoms with Crippen LogP contribution >= 0.6 is 0 Å². The molecule has 1 saturated carbocycles. The number of nitrogens with one attached hydrogen (secondary N) is 2. The first-order valence-corrected chi connectivity index (χ1v) is 5.64. The molecule has 0 bridgehead atoms. The normalized spacial score (nSPS) is 19.5. The van der Waals surface area contributed by atoms with E-state index in [2.05, 4.69) is 24.5 Å². The van der Waals surface area contributed by atoms with Crippen molar-refractivity contribution in [3.05, 3.63) is 0 Å². The first-order chi connectivity index (χ1) is 6.96. The molecule has 0 aromatic carbocycles. The molecule has 4 heteroatoms. The van der Waals surface area contributed by atoms with Gasteiger partial charge in [0.1, 0.15) is 0 Å². The average Bonchev–Trinajstić information content (AvgIpc) is 2.91. The van der Waals surface area contributed by atoms with E-state index < -0.39 is 0 Å². The maximum absolute atomic E-state index is 11.2. The Bertz CT molecular complexity index is 224. The highest BCUT2D eigenvalue weighted by molar-refractivity contribution is 5.73. The lowest BCUT2D eigenvalue weighted by molar-refractivity contribution is 0.217. The van der Waals surface area contributed by atoms with E-state index in [1.54, 1.807) is 19.0 Å². The molecule has 0 spiro atoms. The number of hydrogen-bond acceptors (Lipinski definition) is 2. The number of nitrogens with zero attached hydrogens (tertiary/aromatic N) is 1. The van der Waals surface area contributed by atoms with Crippen molar-refractivity contribution in [2.45, 2.75) is 32.7 Å². The van der Waals surface area contributed by atoms with Gasteiger partial charge >= 0.3 is 6.03 Å². The molecule has 0 aromatic rings. The van der Waals surface area contributed by atoms with Crippen molar-refractivity contribution in [2.24, 2.45) is 5.41 Å². The highest BCUT2D eigenvalue weighted by Gasteiger charge is 2.41. The molecule has 2 amide bonds. The monoisotopic (exact) mass is 213 g/mol. The van der Waals surface area contributed by atoms with Crippen LogP contribution < -0.4 is 10.6 Å². The standard InChI is InChI=1S/C11H23N3O/c1-9(11(2)5-6-11)12-7-8-13-10(15)14(3)4/h9,12H,5-8H2,1-4H3,(H,13,15). The van der Waals surface area contributed by atoms with Crippen molar-refractivity contribution < 1.29 is 4.79 Å². The highest BCUT2D eigenvalue weighted by atomic mass is 16.2. The molecular weight excluding hydrogens is 190 g/mol. The van der Waals surface area contributed by atoms with Crippen LogP contribution in [0.25, 0.3) is 0 Å². The maximum atomic E-state index is 11.2. The SMILES string of the molecule is CC(NCCNC(=O)N(C)C)C1(C)CC1. The van der Waals surface area contributed by atoms with Gasteiger partial charge in [0.2, 0.25) is 0 Å². The van der Waals surface area contributed by atoms with E-state index >= 15 is 0 Å². The summed E-state index contributed by atoms with van der Waals surface area (Å²) >= 11 is 0. The van der Waals surface area contributed by atoms with Gasteiger partial charge in [-0.1, -0.05) is 6.92 Å². The molecule has 2 N–H and O–H groups in total. The molecule has 1 aliphatic rings. The van der Waals surface area contributed by atoms with Gasteiger partial charge in [-0.2, -0.15) is 0 Å². The summed E-state index contributed by atoms with van der Waals surface area (Å²) in [4.78, 5) is 12.7. The Balaban J connectivity index is 2.04. The van der Waals surface area contributed by atoms with Crippen LogP contribution in [0.15, 0.2) is 0 Å². The Morgan fingerprint density at radius 2 is 2.00 bits per heavy atom. The zero-order chi connectivity index (χ0) is 11.5. The molecule has 1 unspecified atom stereocenters. The molecule has 0 heterocycles. The number of amides is 2. The lowest BCUT2D eigenvalue weighted by Gasteiger charge is -2.20. The second-order valence-corrected chi connectivity index (χ2v) is 4.96. The summed E-state index contributed by atoms with van der Waals surface area (Å²) in [5, 5.41) is 6.28. The van der Waals surface area contributed by atoms with E-state index in [1.807, 2.05) is 0 Å². The second-order valence-electron chi connectivity index (χ2n) is 4.96. The molecule has 0 aliphatic heterocycles. The number of carbonyl (C=O) groups excluding carboxylic acids is 1. The van der Waals surface area contributed by atoms with Crippen LogP contribution in [-0.2, 0) is 0 Å². The average molecular weight is 213 g/mol. The summed E-state index contributed by atoms with van der Waals surface area (Å²) in [5.41, 5.74) is 0.506. The van der Waals surface area contributed by atoms with Gasteiger partial charge in [0, 0.05) is 33.2 Å². The van der Waals surface area contributed by atoms with Crippen LogP contribution in [-0.4, -0.2) is 44.2 Å². The van der Waals surface area contributed by atoms with Crippen molar-refractivity contribution in [2.75, 3.05) is 27.2 Å². The molecule has 1 aliphatic carbocycles. The van der Waals surface area contributed by atoms with E-state index in [0.29, 0.717) is 18.0 Å². The quantitative estimate of drug-likeness (QED) is 0.670. The van der Waals surface area contributed by atoms with Crippen LogP contribution in [0.4, 0.5) is 4.79 Å². The molecule has 4 nitrogen and oxygen atoms in total. The molecule has 0 saturated heterocycles. The van der Waals surface area contributed by atoms with E-state index in [0.717, 1.165) is 6.54 Å². The van der Waals surface area contributed by atoms with Crippen LogP contribution in [0, 0.1) is 5.41 Å². The van der Waals surface area contributed by atoms with Crippen molar-refractivity contribution >= 4 is 6.03 Å². The Morgan fingerprint density at radius 1 is 1.40 bits per heavy atom. The third kappa shape index (κ3) is 3.70. The van der Waals surface area contributed by atoms with Gasteiger partial charge in [0.05, 0.1) is 0 Å². The Hall–Kier alpha value is -0.770. The third-order valence-electron chi connectivity index (χ3n) is 3.34. The lowest BCUT2D eigenvalue weighted by atomic mass is 10.0. The predicted molar refractivity (Wildman–Crippen MR) is 61.9 cm³/mol. The van der Waals surface area contributed by atoms with E-state index in [4.69, 9.17) is 0 Å². The molecule has 0 aromatic heterocycles. The minimum Gasteiger partial charge on any atom is -0.337 e. The van der Waals surface area contributed by atoms with Crippen LogP contribution in [0.3, 0.4) is 0 Å². The summed E-state index contributed by atoms with van der Waals surface area (Å²) < 4.78 is 0. The van der Waals surface area contributed by atoms with E-state index in [1.165, 1.54) is 12.8 Å². The minimum absolute atomic E-state index is 0.0258. The second kappa shape index (κ2) is 4.84.